The Balaban J connectivity index is 1.80. The Labute approximate surface area is 122 Å². The SMILES string of the molecule is CSc1ncccc1C(=O)NCCCc1cnn(C)c1. The highest BCUT2D eigenvalue weighted by Gasteiger charge is 2.10. The summed E-state index contributed by atoms with van der Waals surface area (Å²) in [5.41, 5.74) is 1.83. The molecule has 5 nitrogen and oxygen atoms in total. The molecule has 0 spiro atoms. The number of nitrogens with zero attached hydrogens (tertiary/aromatic N) is 3. The second kappa shape index (κ2) is 7.09. The van der Waals surface area contributed by atoms with Crippen LogP contribution in [-0.2, 0) is 13.5 Å². The van der Waals surface area contributed by atoms with Crippen molar-refractivity contribution in [3.8, 4) is 0 Å². The average Bonchev–Trinajstić information content (AvgIpc) is 2.89. The van der Waals surface area contributed by atoms with Gasteiger partial charge in [-0.05, 0) is 36.8 Å². The number of amides is 1. The summed E-state index contributed by atoms with van der Waals surface area (Å²) in [7, 11) is 1.90. The summed E-state index contributed by atoms with van der Waals surface area (Å²) >= 11 is 1.48. The van der Waals surface area contributed by atoms with Crippen molar-refractivity contribution in [1.82, 2.24) is 20.1 Å². The normalized spacial score (nSPS) is 10.5. The molecule has 0 radical (unpaired) electrons. The van der Waals surface area contributed by atoms with Crippen LogP contribution in [0.4, 0.5) is 0 Å². The van der Waals surface area contributed by atoms with Gasteiger partial charge in [0.15, 0.2) is 0 Å². The van der Waals surface area contributed by atoms with Crippen LogP contribution in [0.1, 0.15) is 22.3 Å². The molecule has 6 heteroatoms. The van der Waals surface area contributed by atoms with Gasteiger partial charge in [-0.1, -0.05) is 0 Å². The fraction of sp³-hybridized carbons (Fsp3) is 0.357. The number of aromatic nitrogens is 3. The molecule has 0 fully saturated rings. The Morgan fingerprint density at radius 1 is 1.50 bits per heavy atom. The van der Waals surface area contributed by atoms with Crippen LogP contribution in [-0.4, -0.2) is 33.5 Å². The molecule has 0 saturated carbocycles. The van der Waals surface area contributed by atoms with Crippen molar-refractivity contribution in [3.63, 3.8) is 0 Å². The second-order valence-electron chi connectivity index (χ2n) is 4.44. The zero-order valence-corrected chi connectivity index (χ0v) is 12.5. The van der Waals surface area contributed by atoms with Crippen molar-refractivity contribution >= 4 is 17.7 Å². The third-order valence-corrected chi connectivity index (χ3v) is 3.61. The van der Waals surface area contributed by atoms with E-state index in [1.54, 1.807) is 23.0 Å². The molecule has 2 aromatic rings. The van der Waals surface area contributed by atoms with Crippen LogP contribution in [0.5, 0.6) is 0 Å². The van der Waals surface area contributed by atoms with Gasteiger partial charge in [-0.2, -0.15) is 5.10 Å². The molecule has 1 amide bonds. The third-order valence-electron chi connectivity index (χ3n) is 2.90. The third kappa shape index (κ3) is 3.84. The van der Waals surface area contributed by atoms with Crippen molar-refractivity contribution in [3.05, 3.63) is 41.9 Å². The van der Waals surface area contributed by atoms with Crippen LogP contribution < -0.4 is 5.32 Å². The summed E-state index contributed by atoms with van der Waals surface area (Å²) in [6.07, 6.45) is 9.28. The lowest BCUT2D eigenvalue weighted by molar-refractivity contribution is 0.0949. The van der Waals surface area contributed by atoms with Gasteiger partial charge in [0.2, 0.25) is 0 Å². The van der Waals surface area contributed by atoms with E-state index < -0.39 is 0 Å². The van der Waals surface area contributed by atoms with Gasteiger partial charge in [0.1, 0.15) is 5.03 Å². The minimum atomic E-state index is -0.0614. The fourth-order valence-electron chi connectivity index (χ4n) is 1.92. The maximum absolute atomic E-state index is 12.1. The number of thioether (sulfide) groups is 1. The lowest BCUT2D eigenvalue weighted by atomic mass is 10.2. The molecule has 2 heterocycles. The minimum Gasteiger partial charge on any atom is -0.352 e. The van der Waals surface area contributed by atoms with Crippen LogP contribution in [0.15, 0.2) is 35.7 Å². The van der Waals surface area contributed by atoms with Gasteiger partial charge in [0.25, 0.3) is 5.91 Å². The molecule has 0 unspecified atom stereocenters. The molecular weight excluding hydrogens is 272 g/mol. The van der Waals surface area contributed by atoms with E-state index in [0.717, 1.165) is 17.9 Å². The number of nitrogens with one attached hydrogen (secondary N) is 1. The van der Waals surface area contributed by atoms with Gasteiger partial charge in [-0.15, -0.1) is 11.8 Å². The number of hydrogen-bond donors (Lipinski definition) is 1. The first-order chi connectivity index (χ1) is 9.70. The molecule has 0 atom stereocenters. The molecule has 2 rings (SSSR count). The van der Waals surface area contributed by atoms with E-state index in [2.05, 4.69) is 15.4 Å². The molecule has 0 aliphatic rings. The zero-order valence-electron chi connectivity index (χ0n) is 11.7. The molecule has 0 aromatic carbocycles. The summed E-state index contributed by atoms with van der Waals surface area (Å²) in [6.45, 7) is 0.649. The highest BCUT2D eigenvalue weighted by atomic mass is 32.2. The zero-order chi connectivity index (χ0) is 14.4. The first-order valence-corrected chi connectivity index (χ1v) is 7.68. The highest BCUT2D eigenvalue weighted by molar-refractivity contribution is 7.98. The molecule has 106 valence electrons. The van der Waals surface area contributed by atoms with E-state index in [1.807, 2.05) is 25.7 Å². The Hall–Kier alpha value is -1.82. The van der Waals surface area contributed by atoms with E-state index in [4.69, 9.17) is 0 Å². The van der Waals surface area contributed by atoms with Crippen molar-refractivity contribution in [2.75, 3.05) is 12.8 Å². The largest absolute Gasteiger partial charge is 0.352 e. The van der Waals surface area contributed by atoms with E-state index in [9.17, 15) is 4.79 Å². The Bertz CT molecular complexity index is 582. The Morgan fingerprint density at radius 3 is 3.05 bits per heavy atom. The summed E-state index contributed by atoms with van der Waals surface area (Å²) in [4.78, 5) is 16.2. The molecule has 1 N–H and O–H groups in total. The Morgan fingerprint density at radius 2 is 2.35 bits per heavy atom. The van der Waals surface area contributed by atoms with Crippen LogP contribution in [0.2, 0.25) is 0 Å². The lowest BCUT2D eigenvalue weighted by Gasteiger charge is -2.07. The summed E-state index contributed by atoms with van der Waals surface area (Å²) in [6, 6.07) is 3.58. The monoisotopic (exact) mass is 290 g/mol. The van der Waals surface area contributed by atoms with Crippen molar-refractivity contribution in [2.24, 2.45) is 7.05 Å². The standard InChI is InChI=1S/C14H18N4OS/c1-18-10-11(9-17-18)5-3-7-15-13(19)12-6-4-8-16-14(12)20-2/h4,6,8-10H,3,5,7H2,1-2H3,(H,15,19). The van der Waals surface area contributed by atoms with Crippen molar-refractivity contribution in [1.29, 1.82) is 0 Å². The molecule has 0 aliphatic carbocycles. The number of pyridine rings is 1. The van der Waals surface area contributed by atoms with E-state index in [0.29, 0.717) is 12.1 Å². The predicted octanol–water partition coefficient (Wildman–Crippen LogP) is 1.90. The smallest absolute Gasteiger partial charge is 0.254 e. The summed E-state index contributed by atoms with van der Waals surface area (Å²) < 4.78 is 1.79. The molecule has 0 bridgehead atoms. The van der Waals surface area contributed by atoms with Gasteiger partial charge in [-0.25, -0.2) is 4.98 Å². The topological polar surface area (TPSA) is 59.8 Å². The first kappa shape index (κ1) is 14.6. The minimum absolute atomic E-state index is 0.0614. The molecule has 20 heavy (non-hydrogen) atoms. The molecule has 2 aromatic heterocycles. The average molecular weight is 290 g/mol. The van der Waals surface area contributed by atoms with Crippen LogP contribution in [0.3, 0.4) is 0 Å². The maximum Gasteiger partial charge on any atom is 0.254 e. The molecule has 0 aliphatic heterocycles. The molecule has 0 saturated heterocycles. The van der Waals surface area contributed by atoms with Crippen molar-refractivity contribution < 1.29 is 4.79 Å². The highest BCUT2D eigenvalue weighted by Crippen LogP contribution is 2.16. The lowest BCUT2D eigenvalue weighted by Crippen LogP contribution is -2.25. The van der Waals surface area contributed by atoms with Gasteiger partial charge in [-0.3, -0.25) is 9.48 Å². The van der Waals surface area contributed by atoms with Gasteiger partial charge < -0.3 is 5.32 Å². The first-order valence-electron chi connectivity index (χ1n) is 6.45. The quantitative estimate of drug-likeness (QED) is 0.652. The van der Waals surface area contributed by atoms with Gasteiger partial charge in [0.05, 0.1) is 11.8 Å². The van der Waals surface area contributed by atoms with Gasteiger partial charge in [0, 0.05) is 26.0 Å². The number of aryl methyl sites for hydroxylation is 2. The maximum atomic E-state index is 12.1. The van der Waals surface area contributed by atoms with E-state index in [1.165, 1.54) is 17.3 Å². The van der Waals surface area contributed by atoms with Crippen LogP contribution in [0.25, 0.3) is 0 Å². The second-order valence-corrected chi connectivity index (χ2v) is 5.24. The fourth-order valence-corrected chi connectivity index (χ4v) is 2.46. The van der Waals surface area contributed by atoms with E-state index >= 15 is 0 Å². The summed E-state index contributed by atoms with van der Waals surface area (Å²) in [5, 5.41) is 7.81. The number of carbonyl (C=O) groups excluding carboxylic acids is 1. The number of hydrogen-bond acceptors (Lipinski definition) is 4. The van der Waals surface area contributed by atoms with Gasteiger partial charge >= 0.3 is 0 Å². The Kier molecular flexibility index (Phi) is 5.17. The van der Waals surface area contributed by atoms with Crippen LogP contribution >= 0.6 is 11.8 Å². The number of rotatable bonds is 6. The number of carbonyl (C=O) groups is 1. The predicted molar refractivity (Wildman–Crippen MR) is 79.9 cm³/mol. The molecular formula is C14H18N4OS. The van der Waals surface area contributed by atoms with Crippen molar-refractivity contribution in [2.45, 2.75) is 17.9 Å². The van der Waals surface area contributed by atoms with Crippen LogP contribution in [0, 0.1) is 0 Å². The van der Waals surface area contributed by atoms with E-state index in [-0.39, 0.29) is 5.91 Å². The summed E-state index contributed by atoms with van der Waals surface area (Å²) in [5.74, 6) is -0.0614.